The second-order valence-corrected chi connectivity index (χ2v) is 3.20. The van der Waals surface area contributed by atoms with Crippen molar-refractivity contribution >= 4 is 0 Å². The predicted molar refractivity (Wildman–Crippen MR) is 57.8 cm³/mol. The lowest BCUT2D eigenvalue weighted by molar-refractivity contribution is 0.146. The Labute approximate surface area is 85.8 Å². The van der Waals surface area contributed by atoms with Crippen LogP contribution in [0.25, 0.3) is 0 Å². The lowest BCUT2D eigenvalue weighted by Gasteiger charge is -2.09. The minimum Gasteiger partial charge on any atom is -0.491 e. The minimum absolute atomic E-state index is 0.622. The summed E-state index contributed by atoms with van der Waals surface area (Å²) < 4.78 is 10.5. The van der Waals surface area contributed by atoms with Crippen LogP contribution in [0.3, 0.4) is 0 Å². The van der Waals surface area contributed by atoms with Crippen molar-refractivity contribution in [2.75, 3.05) is 20.3 Å². The molecule has 0 aliphatic carbocycles. The molecule has 0 atom stereocenters. The van der Waals surface area contributed by atoms with Gasteiger partial charge in [0.15, 0.2) is 0 Å². The molecule has 0 amide bonds. The van der Waals surface area contributed by atoms with Crippen LogP contribution in [-0.4, -0.2) is 20.3 Å². The van der Waals surface area contributed by atoms with E-state index in [1.807, 2.05) is 18.2 Å². The molecule has 0 saturated heterocycles. The van der Waals surface area contributed by atoms with E-state index in [-0.39, 0.29) is 0 Å². The molecule has 0 bridgehead atoms. The molecule has 0 spiro atoms. The quantitative estimate of drug-likeness (QED) is 0.648. The summed E-state index contributed by atoms with van der Waals surface area (Å²) in [5.74, 6) is 0.992. The fourth-order valence-corrected chi connectivity index (χ4v) is 1.36. The van der Waals surface area contributed by atoms with Crippen LogP contribution in [0, 0.1) is 0 Å². The van der Waals surface area contributed by atoms with E-state index >= 15 is 0 Å². The van der Waals surface area contributed by atoms with Gasteiger partial charge >= 0.3 is 0 Å². The van der Waals surface area contributed by atoms with Crippen LogP contribution in [0.15, 0.2) is 24.3 Å². The van der Waals surface area contributed by atoms with Crippen molar-refractivity contribution in [3.05, 3.63) is 29.8 Å². The van der Waals surface area contributed by atoms with E-state index in [4.69, 9.17) is 9.47 Å². The second-order valence-electron chi connectivity index (χ2n) is 3.20. The molecule has 0 aliphatic heterocycles. The van der Waals surface area contributed by atoms with Crippen LogP contribution in [-0.2, 0) is 11.2 Å². The molecule has 1 rings (SSSR count). The highest BCUT2D eigenvalue weighted by molar-refractivity contribution is 5.33. The van der Waals surface area contributed by atoms with E-state index in [1.165, 1.54) is 5.56 Å². The molecule has 1 aromatic rings. The molecular formula is C12H18O2. The molecule has 0 radical (unpaired) electrons. The highest BCUT2D eigenvalue weighted by atomic mass is 16.5. The lowest BCUT2D eigenvalue weighted by Crippen LogP contribution is -2.05. The third-order valence-electron chi connectivity index (χ3n) is 2.04. The zero-order valence-corrected chi connectivity index (χ0v) is 8.95. The van der Waals surface area contributed by atoms with Gasteiger partial charge in [-0.1, -0.05) is 31.5 Å². The Morgan fingerprint density at radius 2 is 1.93 bits per heavy atom. The van der Waals surface area contributed by atoms with Gasteiger partial charge in [-0.05, 0) is 18.1 Å². The Hall–Kier alpha value is -1.02. The van der Waals surface area contributed by atoms with Crippen molar-refractivity contribution in [2.24, 2.45) is 0 Å². The van der Waals surface area contributed by atoms with Crippen molar-refractivity contribution < 1.29 is 9.47 Å². The van der Waals surface area contributed by atoms with E-state index in [1.54, 1.807) is 7.11 Å². The Morgan fingerprint density at radius 1 is 1.14 bits per heavy atom. The van der Waals surface area contributed by atoms with Crippen molar-refractivity contribution in [2.45, 2.75) is 19.8 Å². The maximum absolute atomic E-state index is 5.61. The standard InChI is InChI=1S/C12H18O2/c1-3-6-11-7-4-5-8-12(11)14-10-9-13-2/h4-5,7-8H,3,6,9-10H2,1-2H3. The molecule has 0 N–H and O–H groups in total. The van der Waals surface area contributed by atoms with E-state index < -0.39 is 0 Å². The molecule has 0 unspecified atom stereocenters. The molecule has 0 saturated carbocycles. The van der Waals surface area contributed by atoms with E-state index in [9.17, 15) is 0 Å². The van der Waals surface area contributed by atoms with Gasteiger partial charge in [-0.3, -0.25) is 0 Å². The average molecular weight is 194 g/mol. The van der Waals surface area contributed by atoms with Crippen molar-refractivity contribution in [1.29, 1.82) is 0 Å². The summed E-state index contributed by atoms with van der Waals surface area (Å²) in [6, 6.07) is 8.18. The summed E-state index contributed by atoms with van der Waals surface area (Å²) in [5, 5.41) is 0. The van der Waals surface area contributed by atoms with Gasteiger partial charge in [0.2, 0.25) is 0 Å². The van der Waals surface area contributed by atoms with Gasteiger partial charge in [0.1, 0.15) is 12.4 Å². The largest absolute Gasteiger partial charge is 0.491 e. The first-order valence-electron chi connectivity index (χ1n) is 5.08. The van der Waals surface area contributed by atoms with Crippen LogP contribution in [0.2, 0.25) is 0 Å². The van der Waals surface area contributed by atoms with Crippen LogP contribution >= 0.6 is 0 Å². The van der Waals surface area contributed by atoms with Crippen molar-refractivity contribution in [3.63, 3.8) is 0 Å². The molecule has 78 valence electrons. The summed E-state index contributed by atoms with van der Waals surface area (Å²) in [4.78, 5) is 0. The Balaban J connectivity index is 2.55. The fraction of sp³-hybridized carbons (Fsp3) is 0.500. The monoisotopic (exact) mass is 194 g/mol. The normalized spacial score (nSPS) is 10.1. The molecule has 0 aliphatic rings. The molecule has 0 heterocycles. The van der Waals surface area contributed by atoms with E-state index in [0.717, 1.165) is 18.6 Å². The highest BCUT2D eigenvalue weighted by Crippen LogP contribution is 2.19. The predicted octanol–water partition coefficient (Wildman–Crippen LogP) is 2.66. The molecule has 1 aromatic carbocycles. The number of rotatable bonds is 6. The summed E-state index contributed by atoms with van der Waals surface area (Å²) in [6.45, 7) is 3.43. The maximum Gasteiger partial charge on any atom is 0.122 e. The second kappa shape index (κ2) is 6.44. The van der Waals surface area contributed by atoms with Gasteiger partial charge in [0.05, 0.1) is 6.61 Å². The first kappa shape index (κ1) is 11.1. The summed E-state index contributed by atoms with van der Waals surface area (Å²) >= 11 is 0. The Morgan fingerprint density at radius 3 is 2.64 bits per heavy atom. The first-order valence-corrected chi connectivity index (χ1v) is 5.08. The Bertz CT molecular complexity index is 258. The number of methoxy groups -OCH3 is 1. The topological polar surface area (TPSA) is 18.5 Å². The van der Waals surface area contributed by atoms with Gasteiger partial charge < -0.3 is 9.47 Å². The summed E-state index contributed by atoms with van der Waals surface area (Å²) in [5.41, 5.74) is 1.28. The summed E-state index contributed by atoms with van der Waals surface area (Å²) in [6.07, 6.45) is 2.22. The number of aryl methyl sites for hydroxylation is 1. The van der Waals surface area contributed by atoms with Gasteiger partial charge in [-0.2, -0.15) is 0 Å². The number of hydrogen-bond acceptors (Lipinski definition) is 2. The molecule has 0 fully saturated rings. The smallest absolute Gasteiger partial charge is 0.122 e. The molecule has 2 heteroatoms. The Kier molecular flexibility index (Phi) is 5.08. The molecule has 2 nitrogen and oxygen atoms in total. The molecular weight excluding hydrogens is 176 g/mol. The third kappa shape index (κ3) is 3.38. The van der Waals surface area contributed by atoms with Crippen LogP contribution < -0.4 is 4.74 Å². The fourth-order valence-electron chi connectivity index (χ4n) is 1.36. The van der Waals surface area contributed by atoms with Gasteiger partial charge in [-0.15, -0.1) is 0 Å². The van der Waals surface area contributed by atoms with Gasteiger partial charge in [0.25, 0.3) is 0 Å². The lowest BCUT2D eigenvalue weighted by atomic mass is 10.1. The van der Waals surface area contributed by atoms with Gasteiger partial charge in [-0.25, -0.2) is 0 Å². The van der Waals surface area contributed by atoms with Crippen LogP contribution in [0.5, 0.6) is 5.75 Å². The summed E-state index contributed by atoms with van der Waals surface area (Å²) in [7, 11) is 1.68. The highest BCUT2D eigenvalue weighted by Gasteiger charge is 2.00. The zero-order valence-electron chi connectivity index (χ0n) is 8.95. The van der Waals surface area contributed by atoms with Gasteiger partial charge in [0, 0.05) is 7.11 Å². The number of para-hydroxylation sites is 1. The SMILES string of the molecule is CCCc1ccccc1OCCOC. The number of hydrogen-bond donors (Lipinski definition) is 0. The van der Waals surface area contributed by atoms with E-state index in [2.05, 4.69) is 13.0 Å². The maximum atomic E-state index is 5.61. The van der Waals surface area contributed by atoms with Crippen LogP contribution in [0.1, 0.15) is 18.9 Å². The van der Waals surface area contributed by atoms with E-state index in [0.29, 0.717) is 13.2 Å². The third-order valence-corrected chi connectivity index (χ3v) is 2.04. The number of ether oxygens (including phenoxy) is 2. The molecule has 0 aromatic heterocycles. The minimum atomic E-state index is 0.622. The number of benzene rings is 1. The first-order chi connectivity index (χ1) is 6.88. The van der Waals surface area contributed by atoms with Crippen molar-refractivity contribution in [3.8, 4) is 5.75 Å². The van der Waals surface area contributed by atoms with Crippen molar-refractivity contribution in [1.82, 2.24) is 0 Å². The van der Waals surface area contributed by atoms with Crippen LogP contribution in [0.4, 0.5) is 0 Å². The average Bonchev–Trinajstić information content (AvgIpc) is 2.21. The molecule has 14 heavy (non-hydrogen) atoms. The zero-order chi connectivity index (χ0) is 10.2.